The van der Waals surface area contributed by atoms with E-state index in [-0.39, 0.29) is 12.1 Å². The summed E-state index contributed by atoms with van der Waals surface area (Å²) in [6.45, 7) is 0.0577. The first-order valence-corrected chi connectivity index (χ1v) is 5.01. The quantitative estimate of drug-likeness (QED) is 0.842. The standard InChI is InChI=1S/C11H9F4N3/c12-9-2-1-7(5-8(9)11(13,14)15)6-18-10(16)3-4-17-18/h1-5H,6,16H2. The Hall–Kier alpha value is -2.05. The first kappa shape index (κ1) is 12.4. The van der Waals surface area contributed by atoms with Crippen LogP contribution in [0.3, 0.4) is 0 Å². The number of rotatable bonds is 2. The third-order valence-corrected chi connectivity index (χ3v) is 2.42. The zero-order valence-corrected chi connectivity index (χ0v) is 9.08. The van der Waals surface area contributed by atoms with Gasteiger partial charge in [0.2, 0.25) is 0 Å². The van der Waals surface area contributed by atoms with Crippen LogP contribution in [0.4, 0.5) is 23.4 Å². The van der Waals surface area contributed by atoms with Crippen LogP contribution in [-0.4, -0.2) is 9.78 Å². The lowest BCUT2D eigenvalue weighted by Crippen LogP contribution is -2.11. The maximum atomic E-state index is 13.1. The van der Waals surface area contributed by atoms with Crippen LogP contribution in [0.25, 0.3) is 0 Å². The fourth-order valence-electron chi connectivity index (χ4n) is 1.54. The maximum absolute atomic E-state index is 13.1. The van der Waals surface area contributed by atoms with Gasteiger partial charge in [-0.3, -0.25) is 0 Å². The number of alkyl halides is 3. The Kier molecular flexibility index (Phi) is 2.98. The molecule has 0 bridgehead atoms. The molecule has 1 heterocycles. The molecule has 0 saturated heterocycles. The summed E-state index contributed by atoms with van der Waals surface area (Å²) in [5.41, 5.74) is 4.54. The van der Waals surface area contributed by atoms with E-state index in [1.165, 1.54) is 23.0 Å². The SMILES string of the molecule is Nc1ccnn1Cc1ccc(F)c(C(F)(F)F)c1. The van der Waals surface area contributed by atoms with Crippen LogP contribution < -0.4 is 5.73 Å². The molecule has 0 saturated carbocycles. The molecular formula is C11H9F4N3. The predicted molar refractivity (Wildman–Crippen MR) is 57.1 cm³/mol. The number of anilines is 1. The third-order valence-electron chi connectivity index (χ3n) is 2.42. The molecule has 0 atom stereocenters. The van der Waals surface area contributed by atoms with Gasteiger partial charge in [-0.25, -0.2) is 9.07 Å². The molecule has 0 aliphatic heterocycles. The Bertz CT molecular complexity index is 560. The minimum Gasteiger partial charge on any atom is -0.384 e. The predicted octanol–water partition coefficient (Wildman–Crippen LogP) is 2.67. The Labute approximate surface area is 99.8 Å². The van der Waals surface area contributed by atoms with Gasteiger partial charge < -0.3 is 5.73 Å². The summed E-state index contributed by atoms with van der Waals surface area (Å²) >= 11 is 0. The van der Waals surface area contributed by atoms with Crippen LogP contribution in [0, 0.1) is 5.82 Å². The van der Waals surface area contributed by atoms with Gasteiger partial charge in [-0.05, 0) is 23.8 Å². The molecule has 0 radical (unpaired) electrons. The molecule has 7 heteroatoms. The zero-order valence-electron chi connectivity index (χ0n) is 9.08. The highest BCUT2D eigenvalue weighted by Crippen LogP contribution is 2.32. The Balaban J connectivity index is 2.33. The fraction of sp³-hybridized carbons (Fsp3) is 0.182. The highest BCUT2D eigenvalue weighted by atomic mass is 19.4. The first-order valence-electron chi connectivity index (χ1n) is 5.01. The van der Waals surface area contributed by atoms with Crippen LogP contribution >= 0.6 is 0 Å². The van der Waals surface area contributed by atoms with E-state index in [4.69, 9.17) is 5.73 Å². The molecule has 2 N–H and O–H groups in total. The summed E-state index contributed by atoms with van der Waals surface area (Å²) in [5.74, 6) is -0.965. The van der Waals surface area contributed by atoms with Gasteiger partial charge in [0.15, 0.2) is 0 Å². The van der Waals surface area contributed by atoms with Crippen molar-refractivity contribution < 1.29 is 17.6 Å². The summed E-state index contributed by atoms with van der Waals surface area (Å²) < 4.78 is 51.9. The lowest BCUT2D eigenvalue weighted by atomic mass is 10.1. The van der Waals surface area contributed by atoms with Gasteiger partial charge in [0.25, 0.3) is 0 Å². The monoisotopic (exact) mass is 259 g/mol. The van der Waals surface area contributed by atoms with Gasteiger partial charge in [0, 0.05) is 0 Å². The number of hydrogen-bond acceptors (Lipinski definition) is 2. The molecule has 0 aliphatic carbocycles. The highest BCUT2D eigenvalue weighted by Gasteiger charge is 2.34. The molecule has 1 aromatic heterocycles. The number of halogens is 4. The van der Waals surface area contributed by atoms with Crippen LogP contribution in [0.15, 0.2) is 30.5 Å². The van der Waals surface area contributed by atoms with Crippen molar-refractivity contribution in [2.45, 2.75) is 12.7 Å². The number of benzene rings is 1. The number of nitrogen functional groups attached to an aromatic ring is 1. The normalized spacial score (nSPS) is 11.8. The molecule has 96 valence electrons. The van der Waals surface area contributed by atoms with Gasteiger partial charge in [-0.15, -0.1) is 0 Å². The second kappa shape index (κ2) is 4.32. The molecule has 3 nitrogen and oxygen atoms in total. The van der Waals surface area contributed by atoms with Crippen molar-refractivity contribution in [3.8, 4) is 0 Å². The van der Waals surface area contributed by atoms with E-state index in [0.29, 0.717) is 5.82 Å². The van der Waals surface area contributed by atoms with Crippen molar-refractivity contribution in [2.24, 2.45) is 0 Å². The Morgan fingerprint density at radius 1 is 1.22 bits per heavy atom. The van der Waals surface area contributed by atoms with E-state index in [9.17, 15) is 17.6 Å². The van der Waals surface area contributed by atoms with E-state index >= 15 is 0 Å². The van der Waals surface area contributed by atoms with E-state index in [0.717, 1.165) is 12.1 Å². The summed E-state index contributed by atoms with van der Waals surface area (Å²) in [6.07, 6.45) is -3.28. The summed E-state index contributed by atoms with van der Waals surface area (Å²) in [6, 6.07) is 4.34. The van der Waals surface area contributed by atoms with Crippen molar-refractivity contribution in [1.82, 2.24) is 9.78 Å². The molecule has 18 heavy (non-hydrogen) atoms. The van der Waals surface area contributed by atoms with Crippen LogP contribution in [0.5, 0.6) is 0 Å². The average Bonchev–Trinajstić information content (AvgIpc) is 2.66. The van der Waals surface area contributed by atoms with E-state index < -0.39 is 17.6 Å². The third kappa shape index (κ3) is 2.44. The van der Waals surface area contributed by atoms with E-state index in [1.54, 1.807) is 0 Å². The van der Waals surface area contributed by atoms with Gasteiger partial charge in [-0.2, -0.15) is 18.3 Å². The molecule has 1 aromatic carbocycles. The van der Waals surface area contributed by atoms with Gasteiger partial charge >= 0.3 is 6.18 Å². The highest BCUT2D eigenvalue weighted by molar-refractivity contribution is 5.31. The molecule has 0 spiro atoms. The van der Waals surface area contributed by atoms with Crippen molar-refractivity contribution in [3.63, 3.8) is 0 Å². The summed E-state index contributed by atoms with van der Waals surface area (Å²) in [4.78, 5) is 0. The van der Waals surface area contributed by atoms with Crippen LogP contribution in [0.1, 0.15) is 11.1 Å². The van der Waals surface area contributed by atoms with Gasteiger partial charge in [0.05, 0.1) is 18.3 Å². The average molecular weight is 259 g/mol. The largest absolute Gasteiger partial charge is 0.419 e. The van der Waals surface area contributed by atoms with Crippen molar-refractivity contribution in [2.75, 3.05) is 5.73 Å². The number of nitrogens with zero attached hydrogens (tertiary/aromatic N) is 2. The zero-order chi connectivity index (χ0) is 13.3. The second-order valence-electron chi connectivity index (χ2n) is 3.73. The maximum Gasteiger partial charge on any atom is 0.419 e. The molecular weight excluding hydrogens is 250 g/mol. The van der Waals surface area contributed by atoms with E-state index in [1.807, 2.05) is 0 Å². The minimum absolute atomic E-state index is 0.0577. The smallest absolute Gasteiger partial charge is 0.384 e. The summed E-state index contributed by atoms with van der Waals surface area (Å²) in [5, 5.41) is 3.84. The topological polar surface area (TPSA) is 43.8 Å². The molecule has 0 amide bonds. The molecule has 0 unspecified atom stereocenters. The molecule has 0 fully saturated rings. The molecule has 2 aromatic rings. The number of aromatic nitrogens is 2. The minimum atomic E-state index is -4.71. The van der Waals surface area contributed by atoms with E-state index in [2.05, 4.69) is 5.10 Å². The van der Waals surface area contributed by atoms with Crippen molar-refractivity contribution >= 4 is 5.82 Å². The first-order chi connectivity index (χ1) is 8.38. The number of nitrogens with two attached hydrogens (primary N) is 1. The molecule has 2 rings (SSSR count). The second-order valence-corrected chi connectivity index (χ2v) is 3.73. The Morgan fingerprint density at radius 3 is 2.50 bits per heavy atom. The molecule has 0 aliphatic rings. The van der Waals surface area contributed by atoms with Crippen molar-refractivity contribution in [1.29, 1.82) is 0 Å². The van der Waals surface area contributed by atoms with Crippen LogP contribution in [0.2, 0.25) is 0 Å². The van der Waals surface area contributed by atoms with Crippen LogP contribution in [-0.2, 0) is 12.7 Å². The lowest BCUT2D eigenvalue weighted by Gasteiger charge is -2.10. The fourth-order valence-corrected chi connectivity index (χ4v) is 1.54. The Morgan fingerprint density at radius 2 is 1.94 bits per heavy atom. The van der Waals surface area contributed by atoms with Gasteiger partial charge in [0.1, 0.15) is 11.6 Å². The van der Waals surface area contributed by atoms with Crippen molar-refractivity contribution in [3.05, 3.63) is 47.4 Å². The summed E-state index contributed by atoms with van der Waals surface area (Å²) in [7, 11) is 0. The lowest BCUT2D eigenvalue weighted by molar-refractivity contribution is -0.140. The van der Waals surface area contributed by atoms with Gasteiger partial charge in [-0.1, -0.05) is 6.07 Å². The number of hydrogen-bond donors (Lipinski definition) is 1.